The number of carbonyl (C=O) groups excluding carboxylic acids is 1. The van der Waals surface area contributed by atoms with E-state index in [2.05, 4.69) is 22.1 Å². The van der Waals surface area contributed by atoms with Crippen LogP contribution in [-0.4, -0.2) is 42.0 Å². The summed E-state index contributed by atoms with van der Waals surface area (Å²) >= 11 is 1.36. The zero-order valence-electron chi connectivity index (χ0n) is 12.1. The first-order valence-corrected chi connectivity index (χ1v) is 8.14. The molecule has 0 bridgehead atoms. The molecule has 0 aliphatic carbocycles. The molecule has 1 aliphatic rings. The molecule has 6 heteroatoms. The molecule has 1 atom stereocenters. The second kappa shape index (κ2) is 5.99. The highest BCUT2D eigenvalue weighted by molar-refractivity contribution is 7.21. The standard InChI is InChI=1S/C15H20N4OS/c1-2-19-7-5-10(9-19)8-18-14(20)13-12(16)11-4-3-6-17-15(11)21-13/h3-4,6,10H,2,5,7-9,16H2,1H3,(H,18,20). The van der Waals surface area contributed by atoms with Gasteiger partial charge in [-0.1, -0.05) is 6.92 Å². The second-order valence-corrected chi connectivity index (χ2v) is 6.46. The van der Waals surface area contributed by atoms with Crippen molar-refractivity contribution in [3.05, 3.63) is 23.2 Å². The molecule has 112 valence electrons. The van der Waals surface area contributed by atoms with Crippen LogP contribution in [0.15, 0.2) is 18.3 Å². The molecule has 1 fully saturated rings. The molecule has 1 aliphatic heterocycles. The van der Waals surface area contributed by atoms with Gasteiger partial charge in [0.15, 0.2) is 0 Å². The number of rotatable bonds is 4. The number of fused-ring (bicyclic) bond motifs is 1. The van der Waals surface area contributed by atoms with Gasteiger partial charge in [0, 0.05) is 24.7 Å². The van der Waals surface area contributed by atoms with E-state index in [-0.39, 0.29) is 5.91 Å². The zero-order valence-corrected chi connectivity index (χ0v) is 12.9. The highest BCUT2D eigenvalue weighted by Crippen LogP contribution is 2.31. The topological polar surface area (TPSA) is 71.2 Å². The van der Waals surface area contributed by atoms with Crippen LogP contribution < -0.4 is 11.1 Å². The molecule has 3 N–H and O–H groups in total. The fraction of sp³-hybridized carbons (Fsp3) is 0.467. The molecule has 3 heterocycles. The van der Waals surface area contributed by atoms with Crippen LogP contribution in [0.3, 0.4) is 0 Å². The van der Waals surface area contributed by atoms with Crippen molar-refractivity contribution in [2.45, 2.75) is 13.3 Å². The van der Waals surface area contributed by atoms with Crippen LogP contribution in [0.25, 0.3) is 10.2 Å². The molecule has 2 aromatic heterocycles. The summed E-state index contributed by atoms with van der Waals surface area (Å²) in [6.07, 6.45) is 2.87. The lowest BCUT2D eigenvalue weighted by molar-refractivity contribution is 0.0952. The number of nitrogens with zero attached hydrogens (tertiary/aromatic N) is 2. The summed E-state index contributed by atoms with van der Waals surface area (Å²) in [5, 5.41) is 3.89. The van der Waals surface area contributed by atoms with E-state index in [9.17, 15) is 4.79 Å². The smallest absolute Gasteiger partial charge is 0.263 e. The Labute approximate surface area is 128 Å². The lowest BCUT2D eigenvalue weighted by Crippen LogP contribution is -2.30. The third kappa shape index (κ3) is 2.87. The largest absolute Gasteiger partial charge is 0.397 e. The van der Waals surface area contributed by atoms with Gasteiger partial charge in [-0.3, -0.25) is 4.79 Å². The molecule has 2 aromatic rings. The zero-order chi connectivity index (χ0) is 14.8. The number of likely N-dealkylation sites (tertiary alicyclic amines) is 1. The van der Waals surface area contributed by atoms with Crippen LogP contribution in [0.5, 0.6) is 0 Å². The average Bonchev–Trinajstić information content (AvgIpc) is 3.10. The number of nitrogen functional groups attached to an aromatic ring is 1. The molecule has 1 unspecified atom stereocenters. The molecule has 5 nitrogen and oxygen atoms in total. The van der Waals surface area contributed by atoms with Gasteiger partial charge in [0.25, 0.3) is 5.91 Å². The third-order valence-electron chi connectivity index (χ3n) is 4.08. The van der Waals surface area contributed by atoms with E-state index in [0.717, 1.165) is 42.8 Å². The van der Waals surface area contributed by atoms with Crippen molar-refractivity contribution in [2.75, 3.05) is 31.9 Å². The molecular weight excluding hydrogens is 284 g/mol. The van der Waals surface area contributed by atoms with Crippen molar-refractivity contribution in [1.82, 2.24) is 15.2 Å². The Morgan fingerprint density at radius 2 is 2.48 bits per heavy atom. The summed E-state index contributed by atoms with van der Waals surface area (Å²) in [6, 6.07) is 3.74. The predicted octanol–water partition coefficient (Wildman–Crippen LogP) is 1.95. The number of hydrogen-bond donors (Lipinski definition) is 2. The summed E-state index contributed by atoms with van der Waals surface area (Å²) in [6.45, 7) is 6.17. The maximum Gasteiger partial charge on any atom is 0.263 e. The number of thiophene rings is 1. The van der Waals surface area contributed by atoms with E-state index in [0.29, 0.717) is 16.5 Å². The van der Waals surface area contributed by atoms with Crippen molar-refractivity contribution < 1.29 is 4.79 Å². The molecule has 1 amide bonds. The van der Waals surface area contributed by atoms with Crippen molar-refractivity contribution in [3.8, 4) is 0 Å². The van der Waals surface area contributed by atoms with Crippen molar-refractivity contribution in [1.29, 1.82) is 0 Å². The van der Waals surface area contributed by atoms with Gasteiger partial charge in [0.05, 0.1) is 5.69 Å². The van der Waals surface area contributed by atoms with Gasteiger partial charge in [0.2, 0.25) is 0 Å². The minimum atomic E-state index is -0.0783. The van der Waals surface area contributed by atoms with Crippen LogP contribution in [0.2, 0.25) is 0 Å². The summed E-state index contributed by atoms with van der Waals surface area (Å²) in [4.78, 5) is 20.4. The molecule has 3 rings (SSSR count). The van der Waals surface area contributed by atoms with Gasteiger partial charge in [0.1, 0.15) is 9.71 Å². The van der Waals surface area contributed by atoms with Crippen LogP contribution in [-0.2, 0) is 0 Å². The Bertz CT molecular complexity index is 654. The number of nitrogens with one attached hydrogen (secondary N) is 1. The molecular formula is C15H20N4OS. The molecule has 0 spiro atoms. The SMILES string of the molecule is CCN1CCC(CNC(=O)c2sc3ncccc3c2N)C1. The Balaban J connectivity index is 1.66. The Hall–Kier alpha value is -1.66. The van der Waals surface area contributed by atoms with Gasteiger partial charge in [-0.05, 0) is 37.6 Å². The monoisotopic (exact) mass is 304 g/mol. The van der Waals surface area contributed by atoms with Gasteiger partial charge >= 0.3 is 0 Å². The average molecular weight is 304 g/mol. The van der Waals surface area contributed by atoms with E-state index in [1.807, 2.05) is 12.1 Å². The summed E-state index contributed by atoms with van der Waals surface area (Å²) in [5.41, 5.74) is 6.61. The highest BCUT2D eigenvalue weighted by atomic mass is 32.1. The maximum atomic E-state index is 12.3. The molecule has 0 saturated carbocycles. The second-order valence-electron chi connectivity index (χ2n) is 5.46. The Kier molecular flexibility index (Phi) is 4.07. The molecule has 1 saturated heterocycles. The van der Waals surface area contributed by atoms with Crippen LogP contribution in [0.4, 0.5) is 5.69 Å². The third-order valence-corrected chi connectivity index (χ3v) is 5.21. The summed E-state index contributed by atoms with van der Waals surface area (Å²) < 4.78 is 0. The molecule has 0 radical (unpaired) electrons. The fourth-order valence-electron chi connectivity index (χ4n) is 2.80. The van der Waals surface area contributed by atoms with Crippen molar-refractivity contribution >= 4 is 33.1 Å². The van der Waals surface area contributed by atoms with Gasteiger partial charge in [-0.2, -0.15) is 0 Å². The minimum absolute atomic E-state index is 0.0783. The first-order valence-electron chi connectivity index (χ1n) is 7.32. The molecule has 21 heavy (non-hydrogen) atoms. The lowest BCUT2D eigenvalue weighted by atomic mass is 10.1. The number of carbonyl (C=O) groups is 1. The van der Waals surface area contributed by atoms with Crippen LogP contribution in [0, 0.1) is 5.92 Å². The number of hydrogen-bond acceptors (Lipinski definition) is 5. The number of anilines is 1. The van der Waals surface area contributed by atoms with Crippen molar-refractivity contribution in [3.63, 3.8) is 0 Å². The molecule has 0 aromatic carbocycles. The van der Waals surface area contributed by atoms with Gasteiger partial charge in [-0.15, -0.1) is 11.3 Å². The highest BCUT2D eigenvalue weighted by Gasteiger charge is 2.23. The van der Waals surface area contributed by atoms with Gasteiger partial charge in [-0.25, -0.2) is 4.98 Å². The van der Waals surface area contributed by atoms with Crippen LogP contribution >= 0.6 is 11.3 Å². The van der Waals surface area contributed by atoms with Gasteiger partial charge < -0.3 is 16.0 Å². The van der Waals surface area contributed by atoms with Crippen molar-refractivity contribution in [2.24, 2.45) is 5.92 Å². The van der Waals surface area contributed by atoms with E-state index < -0.39 is 0 Å². The Morgan fingerprint density at radius 3 is 3.19 bits per heavy atom. The Morgan fingerprint density at radius 1 is 1.62 bits per heavy atom. The van der Waals surface area contributed by atoms with E-state index >= 15 is 0 Å². The quantitative estimate of drug-likeness (QED) is 0.905. The minimum Gasteiger partial charge on any atom is -0.397 e. The van der Waals surface area contributed by atoms with Crippen LogP contribution in [0.1, 0.15) is 23.0 Å². The number of amides is 1. The first-order chi connectivity index (χ1) is 10.2. The van der Waals surface area contributed by atoms with E-state index in [4.69, 9.17) is 5.73 Å². The number of aromatic nitrogens is 1. The predicted molar refractivity (Wildman–Crippen MR) is 86.6 cm³/mol. The number of pyridine rings is 1. The normalized spacial score (nSPS) is 19.2. The first kappa shape index (κ1) is 14.3. The summed E-state index contributed by atoms with van der Waals surface area (Å²) in [5.74, 6) is 0.466. The van der Waals surface area contributed by atoms with E-state index in [1.165, 1.54) is 11.3 Å². The maximum absolute atomic E-state index is 12.3. The van der Waals surface area contributed by atoms with E-state index in [1.54, 1.807) is 6.20 Å². The summed E-state index contributed by atoms with van der Waals surface area (Å²) in [7, 11) is 0. The fourth-order valence-corrected chi connectivity index (χ4v) is 3.78. The number of nitrogens with two attached hydrogens (primary N) is 1. The lowest BCUT2D eigenvalue weighted by Gasteiger charge is -2.13.